The van der Waals surface area contributed by atoms with Gasteiger partial charge in [-0.25, -0.2) is 4.98 Å². The minimum absolute atomic E-state index is 0.0770. The fraction of sp³-hybridized carbons (Fsp3) is 0.188. The van der Waals surface area contributed by atoms with Crippen LogP contribution in [0.4, 0.5) is 5.69 Å². The summed E-state index contributed by atoms with van der Waals surface area (Å²) in [7, 11) is 1.46. The largest absolute Gasteiger partial charge is 0.493 e. The number of furan rings is 1. The Morgan fingerprint density at radius 1 is 1.29 bits per heavy atom. The number of ether oxygens (including phenoxy) is 2. The summed E-state index contributed by atoms with van der Waals surface area (Å²) in [6, 6.07) is 7.61. The molecule has 0 bridgehead atoms. The average molecular weight is 330 g/mol. The molecule has 1 aromatic carbocycles. The number of hydrogen-bond donors (Lipinski definition) is 0. The molecule has 3 rings (SSSR count). The lowest BCUT2D eigenvalue weighted by atomic mass is 10.3. The van der Waals surface area contributed by atoms with Crippen molar-refractivity contribution >= 4 is 5.69 Å². The Kier molecular flexibility index (Phi) is 4.19. The molecular weight excluding hydrogens is 316 g/mol. The maximum Gasteiger partial charge on any atom is 0.273 e. The van der Waals surface area contributed by atoms with Crippen LogP contribution in [0.25, 0.3) is 11.7 Å². The molecule has 0 radical (unpaired) electrons. The first-order valence-electron chi connectivity index (χ1n) is 7.04. The highest BCUT2D eigenvalue weighted by atomic mass is 16.6. The molecule has 0 atom stereocenters. The zero-order valence-corrected chi connectivity index (χ0v) is 13.0. The summed E-state index contributed by atoms with van der Waals surface area (Å²) < 4.78 is 21.6. The number of benzene rings is 1. The van der Waals surface area contributed by atoms with Gasteiger partial charge in [-0.15, -0.1) is 0 Å². The van der Waals surface area contributed by atoms with Crippen LogP contribution in [-0.2, 0) is 6.61 Å². The predicted octanol–water partition coefficient (Wildman–Crippen LogP) is 3.74. The Labute approximate surface area is 136 Å². The lowest BCUT2D eigenvalue weighted by molar-refractivity contribution is -0.385. The Balaban J connectivity index is 1.81. The fourth-order valence-electron chi connectivity index (χ4n) is 2.11. The lowest BCUT2D eigenvalue weighted by Gasteiger charge is -2.09. The van der Waals surface area contributed by atoms with Gasteiger partial charge in [0.15, 0.2) is 17.3 Å². The number of nitro groups is 1. The molecule has 2 aromatic heterocycles. The summed E-state index contributed by atoms with van der Waals surface area (Å²) in [4.78, 5) is 14.7. The van der Waals surface area contributed by atoms with Crippen molar-refractivity contribution < 1.29 is 23.2 Å². The first-order valence-corrected chi connectivity index (χ1v) is 7.04. The quantitative estimate of drug-likeness (QED) is 0.501. The Morgan fingerprint density at radius 2 is 2.12 bits per heavy atom. The Bertz CT molecular complexity index is 854. The highest BCUT2D eigenvalue weighted by Crippen LogP contribution is 2.32. The number of hydrogen-bond acceptors (Lipinski definition) is 7. The summed E-state index contributed by atoms with van der Waals surface area (Å²) in [6.45, 7) is 1.83. The lowest BCUT2D eigenvalue weighted by Crippen LogP contribution is -2.00. The van der Waals surface area contributed by atoms with Crippen LogP contribution >= 0.6 is 0 Å². The molecular formula is C16H14N2O6. The van der Waals surface area contributed by atoms with Crippen molar-refractivity contribution in [2.45, 2.75) is 13.5 Å². The van der Waals surface area contributed by atoms with Gasteiger partial charge in [0.2, 0.25) is 0 Å². The number of oxazole rings is 1. The predicted molar refractivity (Wildman–Crippen MR) is 82.9 cm³/mol. The second kappa shape index (κ2) is 6.45. The second-order valence-corrected chi connectivity index (χ2v) is 4.88. The van der Waals surface area contributed by atoms with Crippen molar-refractivity contribution in [1.82, 2.24) is 4.98 Å². The maximum atomic E-state index is 10.9. The van der Waals surface area contributed by atoms with Crippen molar-refractivity contribution in [2.24, 2.45) is 0 Å². The summed E-state index contributed by atoms with van der Waals surface area (Å²) in [5.74, 6) is 2.09. The molecule has 0 saturated heterocycles. The van der Waals surface area contributed by atoms with Gasteiger partial charge in [-0.2, -0.15) is 0 Å². The summed E-state index contributed by atoms with van der Waals surface area (Å²) >= 11 is 0. The van der Waals surface area contributed by atoms with Crippen LogP contribution in [-0.4, -0.2) is 17.0 Å². The molecule has 0 aliphatic heterocycles. The molecule has 0 fully saturated rings. The van der Waals surface area contributed by atoms with E-state index in [2.05, 4.69) is 4.98 Å². The number of non-ortho nitro benzene ring substituents is 1. The highest BCUT2D eigenvalue weighted by molar-refractivity contribution is 5.49. The highest BCUT2D eigenvalue weighted by Gasteiger charge is 2.16. The van der Waals surface area contributed by atoms with Gasteiger partial charge in [-0.3, -0.25) is 10.1 Å². The van der Waals surface area contributed by atoms with Gasteiger partial charge in [-0.05, 0) is 25.1 Å². The smallest absolute Gasteiger partial charge is 0.273 e. The van der Waals surface area contributed by atoms with Crippen LogP contribution in [0.15, 0.2) is 45.4 Å². The van der Waals surface area contributed by atoms with Gasteiger partial charge in [0, 0.05) is 6.07 Å². The summed E-state index contributed by atoms with van der Waals surface area (Å²) in [5.41, 5.74) is 0.480. The van der Waals surface area contributed by atoms with Gasteiger partial charge in [0.05, 0.1) is 24.4 Å². The van der Waals surface area contributed by atoms with Crippen LogP contribution in [0.5, 0.6) is 11.5 Å². The van der Waals surface area contributed by atoms with Gasteiger partial charge >= 0.3 is 0 Å². The van der Waals surface area contributed by atoms with Gasteiger partial charge in [-0.1, -0.05) is 0 Å². The normalized spacial score (nSPS) is 10.6. The first kappa shape index (κ1) is 15.6. The maximum absolute atomic E-state index is 10.9. The Hall–Kier alpha value is -3.29. The van der Waals surface area contributed by atoms with E-state index in [0.29, 0.717) is 28.9 Å². The van der Waals surface area contributed by atoms with Gasteiger partial charge in [0.25, 0.3) is 11.6 Å². The summed E-state index contributed by atoms with van der Waals surface area (Å²) in [5, 5.41) is 10.9. The molecule has 2 heterocycles. The molecule has 0 N–H and O–H groups in total. The van der Waals surface area contributed by atoms with E-state index in [1.807, 2.05) is 0 Å². The molecule has 0 spiro atoms. The van der Waals surface area contributed by atoms with E-state index in [9.17, 15) is 10.1 Å². The van der Waals surface area contributed by atoms with Crippen LogP contribution < -0.4 is 9.47 Å². The van der Waals surface area contributed by atoms with E-state index in [0.717, 1.165) is 0 Å². The molecule has 0 unspecified atom stereocenters. The van der Waals surface area contributed by atoms with E-state index < -0.39 is 4.92 Å². The van der Waals surface area contributed by atoms with E-state index in [-0.39, 0.29) is 18.0 Å². The Morgan fingerprint density at radius 3 is 2.79 bits per heavy atom. The molecule has 124 valence electrons. The van der Waals surface area contributed by atoms with Gasteiger partial charge in [0.1, 0.15) is 18.1 Å². The molecule has 8 nitrogen and oxygen atoms in total. The van der Waals surface area contributed by atoms with Crippen LogP contribution in [0.2, 0.25) is 0 Å². The first-order chi connectivity index (χ1) is 11.6. The molecule has 3 aromatic rings. The summed E-state index contributed by atoms with van der Waals surface area (Å²) in [6.07, 6.45) is 1.53. The SMILES string of the molecule is COc1ccc([N+](=O)[O-])cc1OCc1nc(-c2ccco2)oc1C. The van der Waals surface area contributed by atoms with E-state index >= 15 is 0 Å². The number of methoxy groups -OCH3 is 1. The van der Waals surface area contributed by atoms with Crippen molar-refractivity contribution in [3.8, 4) is 23.1 Å². The molecule has 0 amide bonds. The van der Waals surface area contributed by atoms with Crippen molar-refractivity contribution in [2.75, 3.05) is 7.11 Å². The standard InChI is InChI=1S/C16H14N2O6/c1-10-12(17-16(24-10)14-4-3-7-22-14)9-23-15-8-11(18(19)20)5-6-13(15)21-2/h3-8H,9H2,1-2H3. The minimum atomic E-state index is -0.497. The third-order valence-electron chi connectivity index (χ3n) is 3.35. The minimum Gasteiger partial charge on any atom is -0.493 e. The molecule has 24 heavy (non-hydrogen) atoms. The molecule has 8 heteroatoms. The van der Waals surface area contributed by atoms with E-state index in [4.69, 9.17) is 18.3 Å². The van der Waals surface area contributed by atoms with Crippen LogP contribution in [0.3, 0.4) is 0 Å². The monoisotopic (exact) mass is 330 g/mol. The third kappa shape index (κ3) is 3.07. The second-order valence-electron chi connectivity index (χ2n) is 4.88. The average Bonchev–Trinajstić information content (AvgIpc) is 3.22. The molecule has 0 saturated carbocycles. The van der Waals surface area contributed by atoms with E-state index in [1.165, 1.54) is 31.6 Å². The third-order valence-corrected chi connectivity index (χ3v) is 3.35. The zero-order chi connectivity index (χ0) is 17.1. The number of nitrogens with zero attached hydrogens (tertiary/aromatic N) is 2. The zero-order valence-electron chi connectivity index (χ0n) is 13.0. The van der Waals surface area contributed by atoms with Crippen molar-refractivity contribution in [3.63, 3.8) is 0 Å². The topological polar surface area (TPSA) is 101 Å². The fourth-order valence-corrected chi connectivity index (χ4v) is 2.11. The van der Waals surface area contributed by atoms with Crippen molar-refractivity contribution in [3.05, 3.63) is 58.2 Å². The number of nitro benzene ring substituents is 1. The molecule has 0 aliphatic carbocycles. The van der Waals surface area contributed by atoms with Crippen LogP contribution in [0.1, 0.15) is 11.5 Å². The number of aryl methyl sites for hydroxylation is 1. The van der Waals surface area contributed by atoms with Crippen LogP contribution in [0, 0.1) is 17.0 Å². The van der Waals surface area contributed by atoms with E-state index in [1.54, 1.807) is 19.1 Å². The van der Waals surface area contributed by atoms with Gasteiger partial charge < -0.3 is 18.3 Å². The number of aromatic nitrogens is 1. The number of rotatable bonds is 6. The molecule has 0 aliphatic rings. The van der Waals surface area contributed by atoms with Crippen molar-refractivity contribution in [1.29, 1.82) is 0 Å².